The van der Waals surface area contributed by atoms with Gasteiger partial charge >= 0.3 is 0 Å². The maximum Gasteiger partial charge on any atom is 0.175 e. The minimum atomic E-state index is -3.22. The normalized spacial score (nSPS) is 18.3. The molecule has 112 valence electrons. The van der Waals surface area contributed by atoms with Crippen LogP contribution in [0.1, 0.15) is 18.1 Å². The van der Waals surface area contributed by atoms with E-state index in [-0.39, 0.29) is 16.6 Å². The summed E-state index contributed by atoms with van der Waals surface area (Å²) in [7, 11) is -3.22. The fourth-order valence-corrected chi connectivity index (χ4v) is 3.43. The monoisotopic (exact) mass is 312 g/mol. The first-order valence-corrected chi connectivity index (χ1v) is 8.93. The molecule has 0 saturated heterocycles. The Bertz CT molecular complexity index is 860. The average molecular weight is 312 g/mol. The zero-order valence-corrected chi connectivity index (χ0v) is 13.2. The summed E-state index contributed by atoms with van der Waals surface area (Å²) in [4.78, 5) is 12.5. The van der Waals surface area contributed by atoms with Crippen molar-refractivity contribution in [2.24, 2.45) is 5.92 Å². The van der Waals surface area contributed by atoms with Gasteiger partial charge in [0.1, 0.15) is 0 Å². The minimum absolute atomic E-state index is 0.103. The Morgan fingerprint density at radius 3 is 2.00 bits per heavy atom. The third-order valence-corrected chi connectivity index (χ3v) is 5.13. The zero-order valence-electron chi connectivity index (χ0n) is 12.4. The van der Waals surface area contributed by atoms with Crippen LogP contribution in [0.3, 0.4) is 0 Å². The van der Waals surface area contributed by atoms with Crippen molar-refractivity contribution in [2.75, 3.05) is 6.26 Å². The molecule has 1 aliphatic carbocycles. The van der Waals surface area contributed by atoms with Gasteiger partial charge in [-0.05, 0) is 28.8 Å². The Labute approximate surface area is 130 Å². The molecule has 0 aromatic heterocycles. The van der Waals surface area contributed by atoms with Gasteiger partial charge in [0.2, 0.25) is 0 Å². The van der Waals surface area contributed by atoms with Crippen molar-refractivity contribution in [1.29, 1.82) is 0 Å². The Morgan fingerprint density at radius 1 is 0.864 bits per heavy atom. The van der Waals surface area contributed by atoms with Crippen LogP contribution in [-0.2, 0) is 14.6 Å². The summed E-state index contributed by atoms with van der Waals surface area (Å²) in [6.07, 6.45) is 1.17. The van der Waals surface area contributed by atoms with Crippen molar-refractivity contribution in [3.05, 3.63) is 65.7 Å². The standard InChI is InChI=1S/C18H16O3S/c1-12-16(13-6-4-3-5-7-13)17(18(12)19)14-8-10-15(11-9-14)22(2,20)21/h3-12H,1-2H3. The highest BCUT2D eigenvalue weighted by Crippen LogP contribution is 2.43. The summed E-state index contributed by atoms with van der Waals surface area (Å²) < 4.78 is 23.0. The van der Waals surface area contributed by atoms with E-state index in [2.05, 4.69) is 0 Å². The first kappa shape index (κ1) is 14.7. The highest BCUT2D eigenvalue weighted by atomic mass is 32.2. The van der Waals surface area contributed by atoms with E-state index in [1.165, 1.54) is 6.26 Å². The molecule has 0 N–H and O–H groups in total. The van der Waals surface area contributed by atoms with Crippen LogP contribution in [0.5, 0.6) is 0 Å². The summed E-state index contributed by atoms with van der Waals surface area (Å²) in [6.45, 7) is 1.90. The number of carbonyl (C=O) groups is 1. The van der Waals surface area contributed by atoms with Gasteiger partial charge in [-0.25, -0.2) is 8.42 Å². The quantitative estimate of drug-likeness (QED) is 0.874. The SMILES string of the molecule is CC1C(=O)C(c2ccc(S(C)(=O)=O)cc2)=C1c1ccccc1. The van der Waals surface area contributed by atoms with E-state index in [9.17, 15) is 13.2 Å². The van der Waals surface area contributed by atoms with E-state index in [0.29, 0.717) is 5.57 Å². The Morgan fingerprint density at radius 2 is 1.45 bits per heavy atom. The van der Waals surface area contributed by atoms with Gasteiger partial charge in [0.15, 0.2) is 15.6 Å². The molecule has 0 radical (unpaired) electrons. The molecule has 0 saturated carbocycles. The van der Waals surface area contributed by atoms with E-state index in [1.54, 1.807) is 24.3 Å². The second-order valence-electron chi connectivity index (χ2n) is 5.54. The number of hydrogen-bond donors (Lipinski definition) is 0. The molecule has 0 aliphatic heterocycles. The summed E-state index contributed by atoms with van der Waals surface area (Å²) in [5.41, 5.74) is 3.53. The predicted molar refractivity (Wildman–Crippen MR) is 87.0 cm³/mol. The van der Waals surface area contributed by atoms with Gasteiger partial charge in [-0.15, -0.1) is 0 Å². The molecule has 3 rings (SSSR count). The number of rotatable bonds is 3. The minimum Gasteiger partial charge on any atom is -0.293 e. The lowest BCUT2D eigenvalue weighted by atomic mass is 9.71. The fraction of sp³-hybridized carbons (Fsp3) is 0.167. The van der Waals surface area contributed by atoms with Gasteiger partial charge in [0.05, 0.1) is 4.90 Å². The molecule has 0 fully saturated rings. The molecule has 3 nitrogen and oxygen atoms in total. The lowest BCUT2D eigenvalue weighted by molar-refractivity contribution is -0.116. The first-order valence-electron chi connectivity index (χ1n) is 7.04. The van der Waals surface area contributed by atoms with Crippen molar-refractivity contribution >= 4 is 26.8 Å². The molecule has 0 amide bonds. The van der Waals surface area contributed by atoms with Crippen molar-refractivity contribution in [3.63, 3.8) is 0 Å². The number of Topliss-reactive ketones (excluding diaryl/α,β-unsaturated/α-hetero) is 1. The summed E-state index contributed by atoms with van der Waals surface area (Å²) in [5.74, 6) is -0.0158. The summed E-state index contributed by atoms with van der Waals surface area (Å²) >= 11 is 0. The van der Waals surface area contributed by atoms with Crippen LogP contribution in [0.15, 0.2) is 59.5 Å². The summed E-state index contributed by atoms with van der Waals surface area (Å²) in [5, 5.41) is 0. The average Bonchev–Trinajstić information content (AvgIpc) is 2.51. The molecule has 1 aliphatic rings. The van der Waals surface area contributed by atoms with Gasteiger partial charge in [0, 0.05) is 17.7 Å². The van der Waals surface area contributed by atoms with Gasteiger partial charge in [-0.1, -0.05) is 49.4 Å². The van der Waals surface area contributed by atoms with E-state index in [4.69, 9.17) is 0 Å². The molecule has 0 spiro atoms. The Kier molecular flexibility index (Phi) is 3.49. The van der Waals surface area contributed by atoms with E-state index in [1.807, 2.05) is 37.3 Å². The molecule has 4 heteroatoms. The molecule has 22 heavy (non-hydrogen) atoms. The number of carbonyl (C=O) groups excluding carboxylic acids is 1. The molecular weight excluding hydrogens is 296 g/mol. The zero-order chi connectivity index (χ0) is 15.9. The van der Waals surface area contributed by atoms with Crippen LogP contribution in [0.25, 0.3) is 11.1 Å². The molecule has 2 aromatic rings. The number of sulfone groups is 1. The lowest BCUT2D eigenvalue weighted by Crippen LogP contribution is -2.26. The molecule has 0 bridgehead atoms. The lowest BCUT2D eigenvalue weighted by Gasteiger charge is -2.30. The smallest absolute Gasteiger partial charge is 0.175 e. The van der Waals surface area contributed by atoms with Crippen molar-refractivity contribution in [3.8, 4) is 0 Å². The number of allylic oxidation sites excluding steroid dienone is 2. The van der Waals surface area contributed by atoms with E-state index in [0.717, 1.165) is 16.7 Å². The molecule has 1 unspecified atom stereocenters. The maximum atomic E-state index is 12.3. The molecule has 2 aromatic carbocycles. The highest BCUT2D eigenvalue weighted by molar-refractivity contribution is 7.90. The van der Waals surface area contributed by atoms with Crippen molar-refractivity contribution in [2.45, 2.75) is 11.8 Å². The van der Waals surface area contributed by atoms with Crippen molar-refractivity contribution < 1.29 is 13.2 Å². The predicted octanol–water partition coefficient (Wildman–Crippen LogP) is 3.22. The first-order chi connectivity index (χ1) is 10.4. The van der Waals surface area contributed by atoms with Crippen LogP contribution in [0, 0.1) is 5.92 Å². The van der Waals surface area contributed by atoms with E-state index >= 15 is 0 Å². The summed E-state index contributed by atoms with van der Waals surface area (Å²) in [6, 6.07) is 16.3. The second-order valence-corrected chi connectivity index (χ2v) is 7.55. The third-order valence-electron chi connectivity index (χ3n) is 4.00. The van der Waals surface area contributed by atoms with Gasteiger partial charge in [-0.3, -0.25) is 4.79 Å². The number of ketones is 1. The van der Waals surface area contributed by atoms with Gasteiger partial charge in [0.25, 0.3) is 0 Å². The Hall–Kier alpha value is -2.20. The van der Waals surface area contributed by atoms with E-state index < -0.39 is 9.84 Å². The second kappa shape index (κ2) is 5.21. The Balaban J connectivity index is 2.09. The number of hydrogen-bond acceptors (Lipinski definition) is 3. The van der Waals surface area contributed by atoms with Crippen LogP contribution in [0.4, 0.5) is 0 Å². The molecular formula is C18H16O3S. The van der Waals surface area contributed by atoms with Crippen molar-refractivity contribution in [1.82, 2.24) is 0 Å². The molecule has 0 heterocycles. The van der Waals surface area contributed by atoms with Gasteiger partial charge in [-0.2, -0.15) is 0 Å². The van der Waals surface area contributed by atoms with Crippen LogP contribution in [0.2, 0.25) is 0 Å². The largest absolute Gasteiger partial charge is 0.293 e. The number of benzene rings is 2. The topological polar surface area (TPSA) is 51.2 Å². The maximum absolute atomic E-state index is 12.3. The molecule has 1 atom stereocenters. The van der Waals surface area contributed by atoms with Gasteiger partial charge < -0.3 is 0 Å². The van der Waals surface area contributed by atoms with Crippen LogP contribution in [-0.4, -0.2) is 20.5 Å². The van der Waals surface area contributed by atoms with Crippen LogP contribution < -0.4 is 0 Å². The highest BCUT2D eigenvalue weighted by Gasteiger charge is 2.36. The van der Waals surface area contributed by atoms with Crippen LogP contribution >= 0.6 is 0 Å². The third kappa shape index (κ3) is 2.40. The fourth-order valence-electron chi connectivity index (χ4n) is 2.80.